The molecule has 1 unspecified atom stereocenters. The summed E-state index contributed by atoms with van der Waals surface area (Å²) in [6.07, 6.45) is 8.23. The van der Waals surface area contributed by atoms with Gasteiger partial charge in [-0.05, 0) is 42.9 Å². The molecule has 1 atom stereocenters. The van der Waals surface area contributed by atoms with Gasteiger partial charge in [0.05, 0.1) is 12.7 Å². The molecule has 0 radical (unpaired) electrons. The van der Waals surface area contributed by atoms with E-state index < -0.39 is 0 Å². The van der Waals surface area contributed by atoms with E-state index in [1.807, 2.05) is 24.3 Å². The van der Waals surface area contributed by atoms with Gasteiger partial charge in [-0.2, -0.15) is 0 Å². The molecule has 0 spiro atoms. The van der Waals surface area contributed by atoms with Crippen LogP contribution in [0.3, 0.4) is 0 Å². The van der Waals surface area contributed by atoms with E-state index >= 15 is 0 Å². The number of aliphatic hydroxyl groups is 1. The highest BCUT2D eigenvalue weighted by Gasteiger charge is 2.17. The van der Waals surface area contributed by atoms with Crippen molar-refractivity contribution in [3.8, 4) is 5.75 Å². The Labute approximate surface area is 116 Å². The van der Waals surface area contributed by atoms with Crippen LogP contribution in [0.5, 0.6) is 5.75 Å². The first-order valence-corrected chi connectivity index (χ1v) is 7.70. The maximum absolute atomic E-state index is 10.2. The number of benzene rings is 1. The normalized spacial score (nSPS) is 17.6. The minimum atomic E-state index is -0.319. The molecule has 0 aliphatic heterocycles. The molecule has 1 aliphatic rings. The topological polar surface area (TPSA) is 29.5 Å². The molecular formula is C17H26O2. The molecule has 2 rings (SSSR count). The number of hydrogen-bond acceptors (Lipinski definition) is 2. The first-order chi connectivity index (χ1) is 9.29. The van der Waals surface area contributed by atoms with E-state index in [2.05, 4.69) is 6.92 Å². The highest BCUT2D eigenvalue weighted by atomic mass is 16.5. The summed E-state index contributed by atoms with van der Waals surface area (Å²) in [4.78, 5) is 0. The number of rotatable bonds is 7. The predicted octanol–water partition coefficient (Wildman–Crippen LogP) is 4.48. The van der Waals surface area contributed by atoms with Gasteiger partial charge in [0.25, 0.3) is 0 Å². The van der Waals surface area contributed by atoms with Crippen molar-refractivity contribution < 1.29 is 9.84 Å². The molecule has 2 nitrogen and oxygen atoms in total. The quantitative estimate of drug-likeness (QED) is 0.785. The van der Waals surface area contributed by atoms with Crippen molar-refractivity contribution in [3.05, 3.63) is 29.8 Å². The Kier molecular flexibility index (Phi) is 5.71. The van der Waals surface area contributed by atoms with Gasteiger partial charge in [-0.1, -0.05) is 44.7 Å². The van der Waals surface area contributed by atoms with Crippen LogP contribution >= 0.6 is 0 Å². The zero-order valence-electron chi connectivity index (χ0n) is 12.0. The number of hydrogen-bond donors (Lipinski definition) is 1. The third-order valence-electron chi connectivity index (χ3n) is 4.06. The van der Waals surface area contributed by atoms with E-state index in [0.717, 1.165) is 43.1 Å². The number of aliphatic hydroxyl groups excluding tert-OH is 1. The third kappa shape index (κ3) is 4.54. The Balaban J connectivity index is 1.79. The lowest BCUT2D eigenvalue weighted by molar-refractivity contribution is 0.157. The largest absolute Gasteiger partial charge is 0.494 e. The van der Waals surface area contributed by atoms with Crippen molar-refractivity contribution in [1.82, 2.24) is 0 Å². The van der Waals surface area contributed by atoms with Crippen molar-refractivity contribution in [1.29, 1.82) is 0 Å². The van der Waals surface area contributed by atoms with Gasteiger partial charge in [-0.25, -0.2) is 0 Å². The highest BCUT2D eigenvalue weighted by Crippen LogP contribution is 2.31. The van der Waals surface area contributed by atoms with Crippen molar-refractivity contribution in [3.63, 3.8) is 0 Å². The summed E-state index contributed by atoms with van der Waals surface area (Å²) in [6, 6.07) is 7.90. The molecule has 0 saturated heterocycles. The van der Waals surface area contributed by atoms with Gasteiger partial charge in [0, 0.05) is 0 Å². The van der Waals surface area contributed by atoms with E-state index in [9.17, 15) is 5.11 Å². The average Bonchev–Trinajstić information content (AvgIpc) is 2.96. The summed E-state index contributed by atoms with van der Waals surface area (Å²) in [5, 5.41) is 10.2. The monoisotopic (exact) mass is 262 g/mol. The molecule has 0 heterocycles. The summed E-state index contributed by atoms with van der Waals surface area (Å²) in [5.41, 5.74) is 1.02. The van der Waals surface area contributed by atoms with E-state index in [1.54, 1.807) is 0 Å². The van der Waals surface area contributed by atoms with Crippen LogP contribution < -0.4 is 4.74 Å². The molecule has 106 valence electrons. The van der Waals surface area contributed by atoms with Crippen LogP contribution in [-0.2, 0) is 0 Å². The summed E-state index contributed by atoms with van der Waals surface area (Å²) in [5.74, 6) is 1.75. The minimum Gasteiger partial charge on any atom is -0.494 e. The smallest absolute Gasteiger partial charge is 0.119 e. The van der Waals surface area contributed by atoms with Gasteiger partial charge in [0.2, 0.25) is 0 Å². The van der Waals surface area contributed by atoms with Gasteiger partial charge in [-0.3, -0.25) is 0 Å². The Hall–Kier alpha value is -1.02. The van der Waals surface area contributed by atoms with Crippen molar-refractivity contribution in [2.24, 2.45) is 5.92 Å². The van der Waals surface area contributed by atoms with E-state index in [0.29, 0.717) is 0 Å². The molecule has 1 saturated carbocycles. The maximum Gasteiger partial charge on any atom is 0.119 e. The van der Waals surface area contributed by atoms with Gasteiger partial charge in [-0.15, -0.1) is 0 Å². The summed E-state index contributed by atoms with van der Waals surface area (Å²) >= 11 is 0. The fourth-order valence-corrected chi connectivity index (χ4v) is 2.87. The SMILES string of the molecule is CCCOc1ccc(C(O)CCC2CCCC2)cc1. The van der Waals surface area contributed by atoms with Crippen LogP contribution in [0.1, 0.15) is 63.5 Å². The van der Waals surface area contributed by atoms with E-state index in [4.69, 9.17) is 4.74 Å². The predicted molar refractivity (Wildman–Crippen MR) is 78.4 cm³/mol. The first-order valence-electron chi connectivity index (χ1n) is 7.70. The van der Waals surface area contributed by atoms with Crippen molar-refractivity contribution in [2.75, 3.05) is 6.61 Å². The molecule has 0 amide bonds. The third-order valence-corrected chi connectivity index (χ3v) is 4.06. The van der Waals surface area contributed by atoms with Gasteiger partial charge in [0.15, 0.2) is 0 Å². The molecule has 1 fully saturated rings. The van der Waals surface area contributed by atoms with E-state index in [-0.39, 0.29) is 6.10 Å². The highest BCUT2D eigenvalue weighted by molar-refractivity contribution is 5.28. The van der Waals surface area contributed by atoms with Crippen LogP contribution in [0, 0.1) is 5.92 Å². The second-order valence-corrected chi connectivity index (χ2v) is 5.66. The summed E-state index contributed by atoms with van der Waals surface area (Å²) in [7, 11) is 0. The van der Waals surface area contributed by atoms with Crippen LogP contribution in [0.25, 0.3) is 0 Å². The molecule has 1 aromatic carbocycles. The van der Waals surface area contributed by atoms with Crippen LogP contribution in [0.15, 0.2) is 24.3 Å². The van der Waals surface area contributed by atoms with Gasteiger partial charge < -0.3 is 9.84 Å². The Bertz CT molecular complexity index is 352. The minimum absolute atomic E-state index is 0.319. The second kappa shape index (κ2) is 7.54. The fourth-order valence-electron chi connectivity index (χ4n) is 2.87. The molecule has 1 N–H and O–H groups in total. The van der Waals surface area contributed by atoms with Gasteiger partial charge >= 0.3 is 0 Å². The lowest BCUT2D eigenvalue weighted by Crippen LogP contribution is -2.02. The van der Waals surface area contributed by atoms with Crippen LogP contribution in [0.4, 0.5) is 0 Å². The summed E-state index contributed by atoms with van der Waals surface area (Å²) in [6.45, 7) is 2.85. The van der Waals surface area contributed by atoms with E-state index in [1.165, 1.54) is 25.7 Å². The van der Waals surface area contributed by atoms with Gasteiger partial charge in [0.1, 0.15) is 5.75 Å². The zero-order valence-corrected chi connectivity index (χ0v) is 12.0. The number of ether oxygens (including phenoxy) is 1. The molecule has 0 bridgehead atoms. The molecule has 0 aromatic heterocycles. The summed E-state index contributed by atoms with van der Waals surface area (Å²) < 4.78 is 5.55. The Morgan fingerprint density at radius 3 is 2.53 bits per heavy atom. The first kappa shape index (κ1) is 14.4. The maximum atomic E-state index is 10.2. The lowest BCUT2D eigenvalue weighted by Gasteiger charge is -2.14. The Morgan fingerprint density at radius 1 is 1.21 bits per heavy atom. The molecule has 1 aliphatic carbocycles. The zero-order chi connectivity index (χ0) is 13.5. The standard InChI is InChI=1S/C17H26O2/c1-2-13-19-16-10-8-15(9-11-16)17(18)12-7-14-5-3-4-6-14/h8-11,14,17-18H,2-7,12-13H2,1H3. The fraction of sp³-hybridized carbons (Fsp3) is 0.647. The molecule has 2 heteroatoms. The second-order valence-electron chi connectivity index (χ2n) is 5.66. The van der Waals surface area contributed by atoms with Crippen molar-refractivity contribution in [2.45, 2.75) is 58.0 Å². The lowest BCUT2D eigenvalue weighted by atomic mass is 9.96. The van der Waals surface area contributed by atoms with Crippen molar-refractivity contribution >= 4 is 0 Å². The average molecular weight is 262 g/mol. The van der Waals surface area contributed by atoms with Crippen LogP contribution in [-0.4, -0.2) is 11.7 Å². The molecular weight excluding hydrogens is 236 g/mol. The molecule has 19 heavy (non-hydrogen) atoms. The van der Waals surface area contributed by atoms with Crippen LogP contribution in [0.2, 0.25) is 0 Å². The molecule has 1 aromatic rings. The Morgan fingerprint density at radius 2 is 1.89 bits per heavy atom.